The number of piperidine rings is 1. The predicted octanol–water partition coefficient (Wildman–Crippen LogP) is 3.34. The Morgan fingerprint density at radius 2 is 2.09 bits per heavy atom. The number of hydrogen-bond acceptors (Lipinski definition) is 7. The lowest BCUT2D eigenvalue weighted by Crippen LogP contribution is -2.53. The standard InChI is InChI=1S/C22H27BrFN5O4/c1-22(2,3)33-21(32)29(14-8-13(12-30)9-26-10-14)17-6-7-25-11-16(17)27-20(31)19-15(24)4-5-18(23)28-19/h4-7,11,13-14,26,30H,8-10,12H2,1-3H3,(H,27,31). The molecule has 1 aliphatic heterocycles. The normalized spacial score (nSPS) is 18.5. The Hall–Kier alpha value is -2.63. The van der Waals surface area contributed by atoms with Gasteiger partial charge in [-0.25, -0.2) is 14.2 Å². The topological polar surface area (TPSA) is 117 Å². The molecule has 1 aliphatic rings. The summed E-state index contributed by atoms with van der Waals surface area (Å²) in [6.07, 6.45) is 2.78. The number of amides is 2. The summed E-state index contributed by atoms with van der Waals surface area (Å²) in [6, 6.07) is 3.74. The summed E-state index contributed by atoms with van der Waals surface area (Å²) in [6.45, 7) is 6.34. The van der Waals surface area contributed by atoms with E-state index in [1.807, 2.05) is 0 Å². The molecule has 2 amide bonds. The van der Waals surface area contributed by atoms with Crippen LogP contribution in [0.1, 0.15) is 37.7 Å². The zero-order chi connectivity index (χ0) is 24.2. The van der Waals surface area contributed by atoms with Crippen LogP contribution in [0.2, 0.25) is 0 Å². The van der Waals surface area contributed by atoms with Crippen molar-refractivity contribution in [3.8, 4) is 0 Å². The number of anilines is 2. The zero-order valence-electron chi connectivity index (χ0n) is 18.6. The zero-order valence-corrected chi connectivity index (χ0v) is 20.2. The highest BCUT2D eigenvalue weighted by Gasteiger charge is 2.35. The van der Waals surface area contributed by atoms with Crippen LogP contribution in [0, 0.1) is 11.7 Å². The van der Waals surface area contributed by atoms with Gasteiger partial charge in [-0.3, -0.25) is 14.7 Å². The first-order chi connectivity index (χ1) is 15.6. The molecule has 0 aliphatic carbocycles. The smallest absolute Gasteiger partial charge is 0.415 e. The van der Waals surface area contributed by atoms with Crippen LogP contribution in [-0.2, 0) is 4.74 Å². The molecule has 3 N–H and O–H groups in total. The van der Waals surface area contributed by atoms with Crippen LogP contribution in [0.3, 0.4) is 0 Å². The van der Waals surface area contributed by atoms with E-state index in [0.29, 0.717) is 29.8 Å². The number of nitrogens with zero attached hydrogens (tertiary/aromatic N) is 3. The molecule has 2 unspecified atom stereocenters. The van der Waals surface area contributed by atoms with Gasteiger partial charge in [-0.15, -0.1) is 0 Å². The van der Waals surface area contributed by atoms with Crippen molar-refractivity contribution >= 4 is 39.3 Å². The number of aliphatic hydroxyl groups is 1. The van der Waals surface area contributed by atoms with Crippen molar-refractivity contribution < 1.29 is 23.8 Å². The lowest BCUT2D eigenvalue weighted by Gasteiger charge is -2.38. The maximum atomic E-state index is 14.2. The number of hydrogen-bond donors (Lipinski definition) is 3. The molecule has 0 bridgehead atoms. The maximum absolute atomic E-state index is 14.2. The fraction of sp³-hybridized carbons (Fsp3) is 0.455. The molecule has 33 heavy (non-hydrogen) atoms. The second kappa shape index (κ2) is 10.5. The van der Waals surface area contributed by atoms with E-state index in [-0.39, 0.29) is 24.3 Å². The van der Waals surface area contributed by atoms with Gasteiger partial charge < -0.3 is 20.5 Å². The molecule has 0 spiro atoms. The molecule has 1 saturated heterocycles. The summed E-state index contributed by atoms with van der Waals surface area (Å²) in [4.78, 5) is 35.5. The Morgan fingerprint density at radius 3 is 2.79 bits per heavy atom. The molecule has 0 radical (unpaired) electrons. The van der Waals surface area contributed by atoms with E-state index < -0.39 is 29.1 Å². The fourth-order valence-corrected chi connectivity index (χ4v) is 3.86. The summed E-state index contributed by atoms with van der Waals surface area (Å²) in [5.41, 5.74) is -0.620. The number of aliphatic hydroxyl groups excluding tert-OH is 1. The Balaban J connectivity index is 1.98. The van der Waals surface area contributed by atoms with Gasteiger partial charge in [0.2, 0.25) is 0 Å². The van der Waals surface area contributed by atoms with E-state index in [4.69, 9.17) is 4.74 Å². The monoisotopic (exact) mass is 523 g/mol. The van der Waals surface area contributed by atoms with Gasteiger partial charge in [0, 0.05) is 25.9 Å². The van der Waals surface area contributed by atoms with Crippen LogP contribution < -0.4 is 15.5 Å². The largest absolute Gasteiger partial charge is 0.443 e. The van der Waals surface area contributed by atoms with Gasteiger partial charge in [-0.05, 0) is 67.2 Å². The van der Waals surface area contributed by atoms with Gasteiger partial charge in [-0.2, -0.15) is 0 Å². The lowest BCUT2D eigenvalue weighted by molar-refractivity contribution is 0.0550. The van der Waals surface area contributed by atoms with E-state index in [9.17, 15) is 19.1 Å². The fourth-order valence-electron chi connectivity index (χ4n) is 3.55. The highest BCUT2D eigenvalue weighted by Crippen LogP contribution is 2.31. The third-order valence-corrected chi connectivity index (χ3v) is 5.41. The van der Waals surface area contributed by atoms with E-state index in [0.717, 1.165) is 6.07 Å². The Labute approximate surface area is 199 Å². The second-order valence-corrected chi connectivity index (χ2v) is 9.57. The number of ether oxygens (including phenoxy) is 1. The van der Waals surface area contributed by atoms with Crippen molar-refractivity contribution in [3.05, 3.63) is 46.7 Å². The third kappa shape index (κ3) is 6.46. The molecule has 3 heterocycles. The predicted molar refractivity (Wildman–Crippen MR) is 125 cm³/mol. The molecule has 9 nitrogen and oxygen atoms in total. The minimum Gasteiger partial charge on any atom is -0.443 e. The molecule has 2 aromatic rings. The van der Waals surface area contributed by atoms with Crippen LogP contribution in [0.15, 0.2) is 35.2 Å². The number of nitrogens with one attached hydrogen (secondary N) is 2. The first kappa shape index (κ1) is 25.0. The number of halogens is 2. The van der Waals surface area contributed by atoms with E-state index in [2.05, 4.69) is 36.5 Å². The SMILES string of the molecule is CC(C)(C)OC(=O)N(c1ccncc1NC(=O)c1nc(Br)ccc1F)C1CNCC(CO)C1. The number of aromatic nitrogens is 2. The highest BCUT2D eigenvalue weighted by molar-refractivity contribution is 9.10. The summed E-state index contributed by atoms with van der Waals surface area (Å²) >= 11 is 3.13. The Kier molecular flexibility index (Phi) is 7.98. The quantitative estimate of drug-likeness (QED) is 0.514. The van der Waals surface area contributed by atoms with Gasteiger partial charge in [0.05, 0.1) is 23.6 Å². The highest BCUT2D eigenvalue weighted by atomic mass is 79.9. The Bertz CT molecular complexity index is 1020. The second-order valence-electron chi connectivity index (χ2n) is 8.76. The molecular weight excluding hydrogens is 497 g/mol. The first-order valence-corrected chi connectivity index (χ1v) is 11.3. The summed E-state index contributed by atoms with van der Waals surface area (Å²) < 4.78 is 20.1. The number of pyridine rings is 2. The number of rotatable bonds is 5. The van der Waals surface area contributed by atoms with Gasteiger partial charge >= 0.3 is 6.09 Å². The maximum Gasteiger partial charge on any atom is 0.415 e. The van der Waals surface area contributed by atoms with Crippen molar-refractivity contribution in [1.29, 1.82) is 0 Å². The van der Waals surface area contributed by atoms with Crippen molar-refractivity contribution in [3.63, 3.8) is 0 Å². The van der Waals surface area contributed by atoms with E-state index in [1.54, 1.807) is 26.8 Å². The number of carbonyl (C=O) groups excluding carboxylic acids is 2. The Morgan fingerprint density at radius 1 is 1.33 bits per heavy atom. The van der Waals surface area contributed by atoms with E-state index in [1.165, 1.54) is 23.4 Å². The first-order valence-electron chi connectivity index (χ1n) is 10.5. The molecule has 3 rings (SSSR count). The molecule has 0 aromatic carbocycles. The summed E-state index contributed by atoms with van der Waals surface area (Å²) in [7, 11) is 0. The van der Waals surface area contributed by atoms with Crippen LogP contribution in [-0.4, -0.2) is 58.4 Å². The minimum atomic E-state index is -0.790. The van der Waals surface area contributed by atoms with Crippen LogP contribution in [0.25, 0.3) is 0 Å². The van der Waals surface area contributed by atoms with Crippen LogP contribution in [0.4, 0.5) is 20.6 Å². The summed E-state index contributed by atoms with van der Waals surface area (Å²) in [5, 5.41) is 15.5. The van der Waals surface area contributed by atoms with Crippen molar-refractivity contribution in [2.24, 2.45) is 5.92 Å². The van der Waals surface area contributed by atoms with Crippen molar-refractivity contribution in [1.82, 2.24) is 15.3 Å². The average Bonchev–Trinajstić information content (AvgIpc) is 2.75. The third-order valence-electron chi connectivity index (χ3n) is 4.96. The van der Waals surface area contributed by atoms with Gasteiger partial charge in [-0.1, -0.05) is 0 Å². The summed E-state index contributed by atoms with van der Waals surface area (Å²) in [5.74, 6) is -1.62. The van der Waals surface area contributed by atoms with Gasteiger partial charge in [0.15, 0.2) is 11.5 Å². The van der Waals surface area contributed by atoms with E-state index >= 15 is 0 Å². The molecule has 1 fully saturated rings. The molecule has 2 aromatic heterocycles. The number of carbonyl (C=O) groups is 2. The molecule has 2 atom stereocenters. The lowest BCUT2D eigenvalue weighted by atomic mass is 9.95. The van der Waals surface area contributed by atoms with Crippen LogP contribution in [0.5, 0.6) is 0 Å². The van der Waals surface area contributed by atoms with Crippen molar-refractivity contribution in [2.45, 2.75) is 38.8 Å². The van der Waals surface area contributed by atoms with Gasteiger partial charge in [0.1, 0.15) is 10.2 Å². The minimum absolute atomic E-state index is 0.0283. The molecule has 11 heteroatoms. The molecular formula is C22H27BrFN5O4. The van der Waals surface area contributed by atoms with Gasteiger partial charge in [0.25, 0.3) is 5.91 Å². The van der Waals surface area contributed by atoms with Crippen molar-refractivity contribution in [2.75, 3.05) is 29.9 Å². The van der Waals surface area contributed by atoms with Crippen LogP contribution >= 0.6 is 15.9 Å². The average molecular weight is 524 g/mol. The molecule has 178 valence electrons. The molecule has 0 saturated carbocycles.